The minimum absolute atomic E-state index is 0.172. The van der Waals surface area contributed by atoms with Crippen molar-refractivity contribution in [3.63, 3.8) is 0 Å². The molecule has 0 aliphatic rings. The average Bonchev–Trinajstić information content (AvgIpc) is 3.30. The lowest BCUT2D eigenvalue weighted by molar-refractivity contribution is -0.116. The van der Waals surface area contributed by atoms with Crippen LogP contribution in [0.25, 0.3) is 21.6 Å². The summed E-state index contributed by atoms with van der Waals surface area (Å²) in [7, 11) is 0. The van der Waals surface area contributed by atoms with E-state index in [0.717, 1.165) is 15.8 Å². The number of carbonyl (C=O) groups is 1. The highest BCUT2D eigenvalue weighted by Crippen LogP contribution is 2.28. The fraction of sp³-hybridized carbons (Fsp3) is 0.200. The molecule has 0 bridgehead atoms. The van der Waals surface area contributed by atoms with Gasteiger partial charge in [0.2, 0.25) is 17.6 Å². The van der Waals surface area contributed by atoms with Gasteiger partial charge in [0.25, 0.3) is 0 Å². The summed E-state index contributed by atoms with van der Waals surface area (Å²) in [6, 6.07) is 10.6. The monoisotopic (exact) mass is 396 g/mol. The highest BCUT2D eigenvalue weighted by Gasteiger charge is 2.13. The van der Waals surface area contributed by atoms with E-state index in [1.165, 1.54) is 17.4 Å². The molecular formula is C20H17FN4O2S. The molecule has 0 radical (unpaired) electrons. The fourth-order valence-corrected chi connectivity index (χ4v) is 3.76. The van der Waals surface area contributed by atoms with Crippen LogP contribution in [0.5, 0.6) is 0 Å². The highest BCUT2D eigenvalue weighted by atomic mass is 32.1. The van der Waals surface area contributed by atoms with Crippen molar-refractivity contribution in [2.75, 3.05) is 5.32 Å². The lowest BCUT2D eigenvalue weighted by Gasteiger charge is -1.99. The van der Waals surface area contributed by atoms with Gasteiger partial charge in [0.15, 0.2) is 5.13 Å². The van der Waals surface area contributed by atoms with Crippen molar-refractivity contribution in [1.82, 2.24) is 15.1 Å². The molecule has 2 heterocycles. The Morgan fingerprint density at radius 2 is 2.04 bits per heavy atom. The maximum absolute atomic E-state index is 13.4. The third kappa shape index (κ3) is 3.77. The van der Waals surface area contributed by atoms with Crippen molar-refractivity contribution in [2.24, 2.45) is 0 Å². The van der Waals surface area contributed by atoms with E-state index in [-0.39, 0.29) is 18.1 Å². The van der Waals surface area contributed by atoms with E-state index in [4.69, 9.17) is 4.52 Å². The Labute approximate surface area is 164 Å². The molecule has 28 heavy (non-hydrogen) atoms. The van der Waals surface area contributed by atoms with Crippen molar-refractivity contribution in [3.05, 3.63) is 59.2 Å². The fourth-order valence-electron chi connectivity index (χ4n) is 2.80. The van der Waals surface area contributed by atoms with Crippen LogP contribution >= 0.6 is 11.3 Å². The number of fused-ring (bicyclic) bond motifs is 1. The van der Waals surface area contributed by atoms with Crippen LogP contribution in [0.15, 0.2) is 40.9 Å². The third-order valence-electron chi connectivity index (χ3n) is 4.32. The molecule has 4 aromatic rings. The zero-order valence-electron chi connectivity index (χ0n) is 15.3. The van der Waals surface area contributed by atoms with Gasteiger partial charge in [-0.05, 0) is 49.2 Å². The molecular weight excluding hydrogens is 379 g/mol. The van der Waals surface area contributed by atoms with E-state index >= 15 is 0 Å². The Morgan fingerprint density at radius 3 is 2.82 bits per heavy atom. The number of hydrogen-bond donors (Lipinski definition) is 1. The summed E-state index contributed by atoms with van der Waals surface area (Å²) in [5.41, 5.74) is 3.15. The van der Waals surface area contributed by atoms with Gasteiger partial charge in [-0.15, -0.1) is 0 Å². The number of carbonyl (C=O) groups excluding carboxylic acids is 1. The van der Waals surface area contributed by atoms with Gasteiger partial charge in [-0.1, -0.05) is 28.6 Å². The average molecular weight is 396 g/mol. The second-order valence-electron chi connectivity index (χ2n) is 6.46. The molecule has 1 amide bonds. The highest BCUT2D eigenvalue weighted by molar-refractivity contribution is 7.22. The first-order chi connectivity index (χ1) is 13.5. The second-order valence-corrected chi connectivity index (χ2v) is 7.50. The van der Waals surface area contributed by atoms with E-state index in [0.29, 0.717) is 34.4 Å². The summed E-state index contributed by atoms with van der Waals surface area (Å²) < 4.78 is 19.6. The van der Waals surface area contributed by atoms with Gasteiger partial charge in [-0.3, -0.25) is 4.79 Å². The second kappa shape index (κ2) is 7.47. The Bertz CT molecular complexity index is 1170. The minimum Gasteiger partial charge on any atom is -0.339 e. The molecule has 0 unspecified atom stereocenters. The zero-order chi connectivity index (χ0) is 19.7. The Balaban J connectivity index is 1.38. The first-order valence-electron chi connectivity index (χ1n) is 8.75. The van der Waals surface area contributed by atoms with Gasteiger partial charge in [-0.25, -0.2) is 9.37 Å². The summed E-state index contributed by atoms with van der Waals surface area (Å²) in [5, 5.41) is 7.30. The van der Waals surface area contributed by atoms with Crippen LogP contribution in [0.4, 0.5) is 9.52 Å². The van der Waals surface area contributed by atoms with Crippen molar-refractivity contribution >= 4 is 32.6 Å². The summed E-state index contributed by atoms with van der Waals surface area (Å²) in [5.74, 6) is 0.274. The molecule has 2 aromatic carbocycles. The number of benzene rings is 2. The van der Waals surface area contributed by atoms with Crippen molar-refractivity contribution in [1.29, 1.82) is 0 Å². The number of nitrogens with zero attached hydrogens (tertiary/aromatic N) is 3. The first kappa shape index (κ1) is 18.2. The van der Waals surface area contributed by atoms with E-state index in [9.17, 15) is 9.18 Å². The number of halogens is 1. The van der Waals surface area contributed by atoms with Crippen LogP contribution in [0.2, 0.25) is 0 Å². The maximum atomic E-state index is 13.4. The molecule has 0 saturated heterocycles. The predicted octanol–water partition coefficient (Wildman–Crippen LogP) is 4.67. The SMILES string of the molecule is Cc1cc(-c2noc(CCC(=O)Nc3nc4c(C)cccc4s3)n2)ccc1F. The van der Waals surface area contributed by atoms with Crippen molar-refractivity contribution in [3.8, 4) is 11.4 Å². The summed E-state index contributed by atoms with van der Waals surface area (Å²) in [6.07, 6.45) is 0.502. The Hall–Kier alpha value is -3.13. The molecule has 0 atom stereocenters. The number of hydrogen-bond acceptors (Lipinski definition) is 6. The van der Waals surface area contributed by atoms with Crippen LogP contribution in [0.3, 0.4) is 0 Å². The molecule has 1 N–H and O–H groups in total. The number of aromatic nitrogens is 3. The van der Waals surface area contributed by atoms with Crippen LogP contribution in [0, 0.1) is 19.7 Å². The van der Waals surface area contributed by atoms with E-state index in [1.807, 2.05) is 25.1 Å². The van der Waals surface area contributed by atoms with Gasteiger partial charge in [0.1, 0.15) is 5.82 Å². The molecule has 0 spiro atoms. The van der Waals surface area contributed by atoms with Crippen LogP contribution < -0.4 is 5.32 Å². The lowest BCUT2D eigenvalue weighted by Crippen LogP contribution is -2.12. The van der Waals surface area contributed by atoms with Crippen molar-refractivity contribution < 1.29 is 13.7 Å². The lowest BCUT2D eigenvalue weighted by atomic mass is 10.1. The molecule has 0 aliphatic heterocycles. The molecule has 8 heteroatoms. The van der Waals surface area contributed by atoms with Crippen molar-refractivity contribution in [2.45, 2.75) is 26.7 Å². The smallest absolute Gasteiger partial charge is 0.227 e. The Morgan fingerprint density at radius 1 is 1.18 bits per heavy atom. The molecule has 0 aliphatic carbocycles. The van der Waals surface area contributed by atoms with Gasteiger partial charge in [0, 0.05) is 18.4 Å². The van der Waals surface area contributed by atoms with Crippen LogP contribution in [0.1, 0.15) is 23.4 Å². The molecule has 0 saturated carbocycles. The van der Waals surface area contributed by atoms with Crippen LogP contribution in [-0.4, -0.2) is 21.0 Å². The number of amides is 1. The van der Waals surface area contributed by atoms with Gasteiger partial charge >= 0.3 is 0 Å². The first-order valence-corrected chi connectivity index (χ1v) is 9.56. The standard InChI is InChI=1S/C20H17FN4O2S/c1-11-4-3-5-15-18(11)24-20(28-15)22-16(26)8-9-17-23-19(25-27-17)13-6-7-14(21)12(2)10-13/h3-7,10H,8-9H2,1-2H3,(H,22,24,26). The normalized spacial score (nSPS) is 11.1. The number of thiazole rings is 1. The van der Waals surface area contributed by atoms with Gasteiger partial charge in [0.05, 0.1) is 10.2 Å². The molecule has 0 fully saturated rings. The summed E-state index contributed by atoms with van der Waals surface area (Å²) in [4.78, 5) is 21.0. The summed E-state index contributed by atoms with van der Waals surface area (Å²) in [6.45, 7) is 3.66. The molecule has 6 nitrogen and oxygen atoms in total. The van der Waals surface area contributed by atoms with Gasteiger partial charge in [-0.2, -0.15) is 4.98 Å². The Kier molecular flexibility index (Phi) is 4.87. The largest absolute Gasteiger partial charge is 0.339 e. The number of aryl methyl sites for hydroxylation is 3. The zero-order valence-corrected chi connectivity index (χ0v) is 16.1. The van der Waals surface area contributed by atoms with Gasteiger partial charge < -0.3 is 9.84 Å². The topological polar surface area (TPSA) is 80.9 Å². The predicted molar refractivity (Wildman–Crippen MR) is 106 cm³/mol. The van der Waals surface area contributed by atoms with E-state index < -0.39 is 0 Å². The maximum Gasteiger partial charge on any atom is 0.227 e. The number of nitrogens with one attached hydrogen (secondary N) is 1. The van der Waals surface area contributed by atoms with E-state index in [1.54, 1.807) is 19.1 Å². The molecule has 2 aromatic heterocycles. The number of para-hydroxylation sites is 1. The van der Waals surface area contributed by atoms with E-state index in [2.05, 4.69) is 20.4 Å². The number of rotatable bonds is 5. The molecule has 142 valence electrons. The third-order valence-corrected chi connectivity index (χ3v) is 5.25. The van der Waals surface area contributed by atoms with Crippen LogP contribution in [-0.2, 0) is 11.2 Å². The minimum atomic E-state index is -0.283. The summed E-state index contributed by atoms with van der Waals surface area (Å²) >= 11 is 1.44. The molecule has 4 rings (SSSR count). The number of anilines is 1. The quantitative estimate of drug-likeness (QED) is 0.530.